The summed E-state index contributed by atoms with van der Waals surface area (Å²) in [5, 5.41) is 8.67. The van der Waals surface area contributed by atoms with Crippen molar-refractivity contribution in [1.29, 1.82) is 0 Å². The van der Waals surface area contributed by atoms with Crippen LogP contribution in [-0.4, -0.2) is 16.5 Å². The molecule has 1 heterocycles. The normalized spacial score (nSPS) is 11.6. The molecule has 0 bridgehead atoms. The van der Waals surface area contributed by atoms with Crippen LogP contribution in [0.4, 0.5) is 22.0 Å². The molecule has 1 aromatic heterocycles. The van der Waals surface area contributed by atoms with E-state index in [9.17, 15) is 22.0 Å². The lowest BCUT2D eigenvalue weighted by Crippen LogP contribution is -2.19. The molecule has 0 aliphatic rings. The van der Waals surface area contributed by atoms with Crippen molar-refractivity contribution < 1.29 is 31.8 Å². The summed E-state index contributed by atoms with van der Waals surface area (Å²) >= 11 is 0. The Hall–Kier alpha value is -1.44. The third-order valence-corrected chi connectivity index (χ3v) is 1.66. The SMILES string of the molecule is OCc1c(OC(F)(F)F)ncc(CF)c1F. The maximum absolute atomic E-state index is 13.2. The molecule has 90 valence electrons. The minimum absolute atomic E-state index is 0.543. The molecule has 0 aromatic carbocycles. The Morgan fingerprint density at radius 2 is 2.00 bits per heavy atom. The third kappa shape index (κ3) is 2.78. The first-order chi connectivity index (χ1) is 7.39. The Morgan fingerprint density at radius 3 is 2.44 bits per heavy atom. The zero-order chi connectivity index (χ0) is 12.3. The summed E-state index contributed by atoms with van der Waals surface area (Å²) in [6.45, 7) is -2.31. The molecule has 0 atom stereocenters. The van der Waals surface area contributed by atoms with Crippen LogP contribution in [-0.2, 0) is 13.3 Å². The quantitative estimate of drug-likeness (QED) is 0.826. The lowest BCUT2D eigenvalue weighted by molar-refractivity contribution is -0.276. The van der Waals surface area contributed by atoms with E-state index in [0.29, 0.717) is 6.20 Å². The van der Waals surface area contributed by atoms with E-state index in [1.54, 1.807) is 0 Å². The van der Waals surface area contributed by atoms with Gasteiger partial charge in [-0.3, -0.25) is 0 Å². The van der Waals surface area contributed by atoms with E-state index < -0.39 is 42.5 Å². The Morgan fingerprint density at radius 1 is 1.38 bits per heavy atom. The van der Waals surface area contributed by atoms with E-state index >= 15 is 0 Å². The van der Waals surface area contributed by atoms with Gasteiger partial charge in [0.15, 0.2) is 0 Å². The summed E-state index contributed by atoms with van der Waals surface area (Å²) in [7, 11) is 0. The van der Waals surface area contributed by atoms with Crippen molar-refractivity contribution in [2.45, 2.75) is 19.6 Å². The van der Waals surface area contributed by atoms with E-state index in [1.165, 1.54) is 0 Å². The van der Waals surface area contributed by atoms with Crippen molar-refractivity contribution in [3.63, 3.8) is 0 Å². The minimum atomic E-state index is -5.05. The molecule has 0 saturated heterocycles. The second-order valence-electron chi connectivity index (χ2n) is 2.72. The van der Waals surface area contributed by atoms with E-state index in [2.05, 4.69) is 9.72 Å². The van der Waals surface area contributed by atoms with Gasteiger partial charge in [0.2, 0.25) is 5.88 Å². The van der Waals surface area contributed by atoms with Gasteiger partial charge < -0.3 is 9.84 Å². The molecule has 0 fully saturated rings. The average Bonchev–Trinajstić information content (AvgIpc) is 2.16. The molecular formula is C8H6F5NO2. The van der Waals surface area contributed by atoms with E-state index in [4.69, 9.17) is 5.11 Å². The number of hydrogen-bond acceptors (Lipinski definition) is 3. The van der Waals surface area contributed by atoms with Gasteiger partial charge in [-0.15, -0.1) is 13.2 Å². The highest BCUT2D eigenvalue weighted by Crippen LogP contribution is 2.27. The molecule has 1 N–H and O–H groups in total. The second kappa shape index (κ2) is 4.60. The predicted octanol–water partition coefficient (Wildman–Crippen LogP) is 2.08. The fourth-order valence-corrected chi connectivity index (χ4v) is 0.987. The van der Waals surface area contributed by atoms with Crippen LogP contribution < -0.4 is 4.74 Å². The maximum Gasteiger partial charge on any atom is 0.574 e. The Kier molecular flexibility index (Phi) is 3.63. The van der Waals surface area contributed by atoms with Crippen LogP contribution in [0.1, 0.15) is 11.1 Å². The number of nitrogens with zero attached hydrogens (tertiary/aromatic N) is 1. The monoisotopic (exact) mass is 243 g/mol. The maximum atomic E-state index is 13.2. The van der Waals surface area contributed by atoms with Gasteiger partial charge in [0.25, 0.3) is 0 Å². The summed E-state index contributed by atoms with van der Waals surface area (Å²) in [6, 6.07) is 0. The molecule has 1 aromatic rings. The number of ether oxygens (including phenoxy) is 1. The number of hydrogen-bond donors (Lipinski definition) is 1. The fraction of sp³-hybridized carbons (Fsp3) is 0.375. The van der Waals surface area contributed by atoms with Gasteiger partial charge >= 0.3 is 6.36 Å². The van der Waals surface area contributed by atoms with Crippen molar-refractivity contribution in [2.24, 2.45) is 0 Å². The van der Waals surface area contributed by atoms with E-state index in [-0.39, 0.29) is 0 Å². The molecule has 0 aliphatic heterocycles. The van der Waals surface area contributed by atoms with Gasteiger partial charge in [-0.1, -0.05) is 0 Å². The number of aliphatic hydroxyl groups excluding tert-OH is 1. The largest absolute Gasteiger partial charge is 0.574 e. The summed E-state index contributed by atoms with van der Waals surface area (Å²) < 4.78 is 64.2. The number of alkyl halides is 4. The molecule has 0 radical (unpaired) electrons. The highest BCUT2D eigenvalue weighted by molar-refractivity contribution is 5.31. The summed E-state index contributed by atoms with van der Waals surface area (Å²) in [4.78, 5) is 3.08. The lowest BCUT2D eigenvalue weighted by atomic mass is 10.2. The standard InChI is InChI=1S/C8H6F5NO2/c9-1-4-2-14-7(16-8(11,12)13)5(3-15)6(4)10/h2,15H,1,3H2. The van der Waals surface area contributed by atoms with Crippen LogP contribution in [0.2, 0.25) is 0 Å². The van der Waals surface area contributed by atoms with E-state index in [1.807, 2.05) is 0 Å². The molecule has 0 amide bonds. The van der Waals surface area contributed by atoms with Crippen molar-refractivity contribution in [2.75, 3.05) is 0 Å². The number of halogens is 5. The van der Waals surface area contributed by atoms with Crippen molar-refractivity contribution >= 4 is 0 Å². The Bertz CT molecular complexity index is 379. The average molecular weight is 243 g/mol. The van der Waals surface area contributed by atoms with Crippen LogP contribution in [0.3, 0.4) is 0 Å². The summed E-state index contributed by atoms with van der Waals surface area (Å²) in [6.07, 6.45) is -4.48. The zero-order valence-corrected chi connectivity index (χ0v) is 7.68. The van der Waals surface area contributed by atoms with Crippen molar-refractivity contribution in [1.82, 2.24) is 4.98 Å². The van der Waals surface area contributed by atoms with Gasteiger partial charge in [0.1, 0.15) is 12.5 Å². The van der Waals surface area contributed by atoms with Crippen LogP contribution in [0.25, 0.3) is 0 Å². The van der Waals surface area contributed by atoms with E-state index in [0.717, 1.165) is 0 Å². The molecule has 0 spiro atoms. The molecule has 1 rings (SSSR count). The summed E-state index contributed by atoms with van der Waals surface area (Å²) in [5.74, 6) is -2.41. The minimum Gasteiger partial charge on any atom is -0.391 e. The lowest BCUT2D eigenvalue weighted by Gasteiger charge is -2.12. The van der Waals surface area contributed by atoms with Crippen LogP contribution in [0.15, 0.2) is 6.20 Å². The van der Waals surface area contributed by atoms with Crippen LogP contribution in [0, 0.1) is 5.82 Å². The van der Waals surface area contributed by atoms with Crippen LogP contribution in [0.5, 0.6) is 5.88 Å². The van der Waals surface area contributed by atoms with Crippen molar-refractivity contribution in [3.8, 4) is 5.88 Å². The molecule has 3 nitrogen and oxygen atoms in total. The van der Waals surface area contributed by atoms with Gasteiger partial charge in [-0.05, 0) is 0 Å². The smallest absolute Gasteiger partial charge is 0.391 e. The summed E-state index contributed by atoms with van der Waals surface area (Å²) in [5.41, 5.74) is -1.37. The first-order valence-electron chi connectivity index (χ1n) is 3.98. The molecule has 0 unspecified atom stereocenters. The zero-order valence-electron chi connectivity index (χ0n) is 7.68. The number of aliphatic hydroxyl groups is 1. The highest BCUT2D eigenvalue weighted by atomic mass is 19.4. The number of pyridine rings is 1. The molecule has 8 heteroatoms. The third-order valence-electron chi connectivity index (χ3n) is 1.66. The first kappa shape index (κ1) is 12.6. The molecule has 0 saturated carbocycles. The van der Waals surface area contributed by atoms with Gasteiger partial charge in [-0.2, -0.15) is 0 Å². The second-order valence-corrected chi connectivity index (χ2v) is 2.72. The Balaban J connectivity index is 3.16. The first-order valence-corrected chi connectivity index (χ1v) is 3.98. The molecule has 0 aliphatic carbocycles. The van der Waals surface area contributed by atoms with Crippen LogP contribution >= 0.6 is 0 Å². The topological polar surface area (TPSA) is 42.4 Å². The van der Waals surface area contributed by atoms with Crippen molar-refractivity contribution in [3.05, 3.63) is 23.1 Å². The van der Waals surface area contributed by atoms with Gasteiger partial charge in [-0.25, -0.2) is 13.8 Å². The number of rotatable bonds is 3. The Labute approximate surface area is 86.5 Å². The predicted molar refractivity (Wildman–Crippen MR) is 41.6 cm³/mol. The van der Waals surface area contributed by atoms with Gasteiger partial charge in [0.05, 0.1) is 12.2 Å². The molecular weight excluding hydrogens is 237 g/mol. The fourth-order valence-electron chi connectivity index (χ4n) is 0.987. The van der Waals surface area contributed by atoms with Gasteiger partial charge in [0, 0.05) is 11.8 Å². The molecule has 16 heavy (non-hydrogen) atoms. The number of aromatic nitrogens is 1. The highest BCUT2D eigenvalue weighted by Gasteiger charge is 2.33.